The van der Waals surface area contributed by atoms with Crippen molar-refractivity contribution >= 4 is 31.9 Å². The van der Waals surface area contributed by atoms with Crippen molar-refractivity contribution in [3.8, 4) is 0 Å². The summed E-state index contributed by atoms with van der Waals surface area (Å²) < 4.78 is 0. The molecule has 2 heteroatoms. The molecule has 1 fully saturated rings. The lowest BCUT2D eigenvalue weighted by Crippen LogP contribution is -2.33. The second kappa shape index (κ2) is 6.56. The summed E-state index contributed by atoms with van der Waals surface area (Å²) in [6.07, 6.45) is 7.02. The zero-order chi connectivity index (χ0) is 13.0. The monoisotopic (exact) mass is 372 g/mol. The molecule has 1 aromatic rings. The molecule has 0 aliphatic heterocycles. The number of aryl methyl sites for hydroxylation is 1. The minimum absolute atomic E-state index is 0.264. The molecule has 1 saturated carbocycles. The van der Waals surface area contributed by atoms with E-state index in [0.29, 0.717) is 0 Å². The highest BCUT2D eigenvalue weighted by atomic mass is 79.9. The summed E-state index contributed by atoms with van der Waals surface area (Å²) in [6.45, 7) is 2.24. The van der Waals surface area contributed by atoms with E-state index in [0.717, 1.165) is 16.6 Å². The number of hydrogen-bond acceptors (Lipinski definition) is 0. The van der Waals surface area contributed by atoms with Crippen molar-refractivity contribution in [2.45, 2.75) is 44.4 Å². The molecule has 1 aliphatic carbocycles. The van der Waals surface area contributed by atoms with Gasteiger partial charge in [0.05, 0.1) is 0 Å². The van der Waals surface area contributed by atoms with Gasteiger partial charge in [-0.3, -0.25) is 0 Å². The van der Waals surface area contributed by atoms with E-state index in [-0.39, 0.29) is 5.41 Å². The fraction of sp³-hybridized carbons (Fsp3) is 0.625. The Labute approximate surface area is 128 Å². The molecule has 100 valence electrons. The number of alkyl halides is 2. The minimum Gasteiger partial charge on any atom is -0.0918 e. The van der Waals surface area contributed by atoms with Gasteiger partial charge in [0, 0.05) is 16.1 Å². The number of rotatable bonds is 5. The van der Waals surface area contributed by atoms with Crippen LogP contribution in [-0.2, 0) is 5.41 Å². The van der Waals surface area contributed by atoms with Gasteiger partial charge >= 0.3 is 0 Å². The van der Waals surface area contributed by atoms with Crippen molar-refractivity contribution in [2.75, 3.05) is 10.7 Å². The Bertz CT molecular complexity index is 376. The SMILES string of the molecule is Cc1ccccc1C(CBr)(CBr)CC1CCCC1. The number of halogens is 2. The molecule has 2 rings (SSSR count). The van der Waals surface area contributed by atoms with Crippen LogP contribution in [0.15, 0.2) is 24.3 Å². The molecule has 0 nitrogen and oxygen atoms in total. The summed E-state index contributed by atoms with van der Waals surface area (Å²) in [5.74, 6) is 0.916. The van der Waals surface area contributed by atoms with Gasteiger partial charge in [0.15, 0.2) is 0 Å². The van der Waals surface area contributed by atoms with Gasteiger partial charge in [0.2, 0.25) is 0 Å². The van der Waals surface area contributed by atoms with Gasteiger partial charge in [-0.05, 0) is 30.4 Å². The van der Waals surface area contributed by atoms with E-state index in [2.05, 4.69) is 63.0 Å². The van der Waals surface area contributed by atoms with Crippen LogP contribution in [-0.4, -0.2) is 10.7 Å². The molecule has 0 atom stereocenters. The highest BCUT2D eigenvalue weighted by molar-refractivity contribution is 9.09. The maximum Gasteiger partial charge on any atom is 0.0152 e. The Morgan fingerprint density at radius 2 is 1.72 bits per heavy atom. The normalized spacial score (nSPS) is 17.3. The predicted molar refractivity (Wildman–Crippen MR) is 87.0 cm³/mol. The minimum atomic E-state index is 0.264. The standard InChI is InChI=1S/C16H22Br2/c1-13-6-2-5-9-15(13)16(11-17,12-18)10-14-7-3-4-8-14/h2,5-6,9,14H,3-4,7-8,10-12H2,1H3. The van der Waals surface area contributed by atoms with Gasteiger partial charge in [-0.25, -0.2) is 0 Å². The van der Waals surface area contributed by atoms with E-state index in [1.54, 1.807) is 0 Å². The largest absolute Gasteiger partial charge is 0.0918 e. The first-order valence-electron chi connectivity index (χ1n) is 6.90. The van der Waals surface area contributed by atoms with Gasteiger partial charge in [-0.1, -0.05) is 81.8 Å². The average molecular weight is 374 g/mol. The zero-order valence-electron chi connectivity index (χ0n) is 11.1. The fourth-order valence-corrected chi connectivity index (χ4v) is 5.32. The lowest BCUT2D eigenvalue weighted by Gasteiger charge is -2.34. The summed E-state index contributed by atoms with van der Waals surface area (Å²) in [6, 6.07) is 8.87. The number of benzene rings is 1. The third kappa shape index (κ3) is 3.01. The first kappa shape index (κ1) is 14.6. The van der Waals surface area contributed by atoms with Crippen LogP contribution in [0.2, 0.25) is 0 Å². The second-order valence-electron chi connectivity index (χ2n) is 5.72. The number of hydrogen-bond donors (Lipinski definition) is 0. The summed E-state index contributed by atoms with van der Waals surface area (Å²) in [5, 5.41) is 2.10. The molecule has 1 aromatic carbocycles. The summed E-state index contributed by atoms with van der Waals surface area (Å²) in [5.41, 5.74) is 3.21. The molecule has 0 amide bonds. The van der Waals surface area contributed by atoms with E-state index in [4.69, 9.17) is 0 Å². The molecule has 0 heterocycles. The highest BCUT2D eigenvalue weighted by Gasteiger charge is 2.34. The van der Waals surface area contributed by atoms with Gasteiger partial charge in [-0.2, -0.15) is 0 Å². The summed E-state index contributed by atoms with van der Waals surface area (Å²) >= 11 is 7.56. The quantitative estimate of drug-likeness (QED) is 0.589. The summed E-state index contributed by atoms with van der Waals surface area (Å²) in [4.78, 5) is 0. The zero-order valence-corrected chi connectivity index (χ0v) is 14.3. The van der Waals surface area contributed by atoms with Gasteiger partial charge in [-0.15, -0.1) is 0 Å². The van der Waals surface area contributed by atoms with Crippen molar-refractivity contribution in [3.63, 3.8) is 0 Å². The third-order valence-electron chi connectivity index (χ3n) is 4.38. The first-order chi connectivity index (χ1) is 8.72. The van der Waals surface area contributed by atoms with Crippen LogP contribution in [0.4, 0.5) is 0 Å². The maximum atomic E-state index is 3.78. The Morgan fingerprint density at radius 1 is 1.11 bits per heavy atom. The van der Waals surface area contributed by atoms with E-state index < -0.39 is 0 Å². The topological polar surface area (TPSA) is 0 Å². The smallest absolute Gasteiger partial charge is 0.0152 e. The summed E-state index contributed by atoms with van der Waals surface area (Å²) in [7, 11) is 0. The first-order valence-corrected chi connectivity index (χ1v) is 9.14. The predicted octanol–water partition coefficient (Wildman–Crippen LogP) is 5.60. The van der Waals surface area contributed by atoms with E-state index in [1.807, 2.05) is 0 Å². The lowest BCUT2D eigenvalue weighted by molar-refractivity contribution is 0.378. The van der Waals surface area contributed by atoms with E-state index >= 15 is 0 Å². The molecule has 0 N–H and O–H groups in total. The molecule has 0 saturated heterocycles. The molecule has 1 aliphatic rings. The Hall–Kier alpha value is 0.180. The lowest BCUT2D eigenvalue weighted by atomic mass is 9.75. The molecule has 0 radical (unpaired) electrons. The second-order valence-corrected chi connectivity index (χ2v) is 6.84. The maximum absolute atomic E-state index is 3.78. The molecule has 0 bridgehead atoms. The third-order valence-corrected chi connectivity index (χ3v) is 6.53. The van der Waals surface area contributed by atoms with Gasteiger partial charge in [0.25, 0.3) is 0 Å². The molecule has 18 heavy (non-hydrogen) atoms. The van der Waals surface area contributed by atoms with Crippen LogP contribution in [0.1, 0.15) is 43.2 Å². The van der Waals surface area contributed by atoms with Crippen molar-refractivity contribution in [2.24, 2.45) is 5.92 Å². The van der Waals surface area contributed by atoms with Crippen LogP contribution >= 0.6 is 31.9 Å². The Morgan fingerprint density at radius 3 is 2.28 bits per heavy atom. The molecule has 0 aromatic heterocycles. The molecule has 0 unspecified atom stereocenters. The Balaban J connectivity index is 2.27. The molecular formula is C16H22Br2. The Kier molecular flexibility index (Phi) is 5.32. The van der Waals surface area contributed by atoms with Crippen LogP contribution in [0.5, 0.6) is 0 Å². The van der Waals surface area contributed by atoms with Crippen LogP contribution in [0.25, 0.3) is 0 Å². The van der Waals surface area contributed by atoms with Crippen molar-refractivity contribution in [1.82, 2.24) is 0 Å². The van der Waals surface area contributed by atoms with Gasteiger partial charge < -0.3 is 0 Å². The van der Waals surface area contributed by atoms with Crippen LogP contribution < -0.4 is 0 Å². The molecular weight excluding hydrogens is 352 g/mol. The fourth-order valence-electron chi connectivity index (χ4n) is 3.33. The van der Waals surface area contributed by atoms with Crippen LogP contribution in [0.3, 0.4) is 0 Å². The van der Waals surface area contributed by atoms with Crippen molar-refractivity contribution in [1.29, 1.82) is 0 Å². The van der Waals surface area contributed by atoms with Crippen LogP contribution in [0, 0.1) is 12.8 Å². The van der Waals surface area contributed by atoms with E-state index in [1.165, 1.54) is 43.2 Å². The van der Waals surface area contributed by atoms with Crippen molar-refractivity contribution < 1.29 is 0 Å². The van der Waals surface area contributed by atoms with Crippen molar-refractivity contribution in [3.05, 3.63) is 35.4 Å². The average Bonchev–Trinajstić information content (AvgIpc) is 2.90. The highest BCUT2D eigenvalue weighted by Crippen LogP contribution is 2.41. The van der Waals surface area contributed by atoms with E-state index in [9.17, 15) is 0 Å². The van der Waals surface area contributed by atoms with Gasteiger partial charge in [0.1, 0.15) is 0 Å². The molecule has 0 spiro atoms.